The smallest absolute Gasteiger partial charge is 0.154 e. The maximum absolute atomic E-state index is 12.3. The summed E-state index contributed by atoms with van der Waals surface area (Å²) in [5, 5.41) is -0.267. The Bertz CT molecular complexity index is 396. The highest BCUT2D eigenvalue weighted by atomic mass is 32.2. The second kappa shape index (κ2) is 6.10. The van der Waals surface area contributed by atoms with E-state index >= 15 is 0 Å². The number of hydrogen-bond acceptors (Lipinski definition) is 4. The third kappa shape index (κ3) is 3.31. The topological polar surface area (TPSA) is 72.2 Å². The van der Waals surface area contributed by atoms with Crippen molar-refractivity contribution >= 4 is 9.84 Å². The van der Waals surface area contributed by atoms with Crippen molar-refractivity contribution in [2.45, 2.75) is 63.7 Å². The van der Waals surface area contributed by atoms with Gasteiger partial charge >= 0.3 is 0 Å². The molecular weight excluding hydrogens is 260 g/mol. The van der Waals surface area contributed by atoms with E-state index in [-0.39, 0.29) is 11.3 Å². The summed E-state index contributed by atoms with van der Waals surface area (Å²) in [7, 11) is -2.96. The Balaban J connectivity index is 2.11. The minimum Gasteiger partial charge on any atom is -0.271 e. The van der Waals surface area contributed by atoms with E-state index in [1.54, 1.807) is 0 Å². The molecule has 0 amide bonds. The molecule has 0 spiro atoms. The van der Waals surface area contributed by atoms with Crippen LogP contribution in [0.25, 0.3) is 0 Å². The van der Waals surface area contributed by atoms with E-state index in [9.17, 15) is 8.42 Å². The summed E-state index contributed by atoms with van der Waals surface area (Å²) in [4.78, 5) is 0. The molecule has 0 aromatic carbocycles. The molecule has 1 aliphatic carbocycles. The highest BCUT2D eigenvalue weighted by Gasteiger charge is 2.40. The molecule has 0 aromatic heterocycles. The maximum atomic E-state index is 12.3. The Morgan fingerprint density at radius 3 is 2.42 bits per heavy atom. The molecule has 1 aliphatic heterocycles. The summed E-state index contributed by atoms with van der Waals surface area (Å²) in [6, 6.07) is -0.0553. The lowest BCUT2D eigenvalue weighted by Gasteiger charge is -2.40. The first kappa shape index (κ1) is 15.3. The van der Waals surface area contributed by atoms with Crippen LogP contribution in [0.2, 0.25) is 0 Å². The number of sulfone groups is 1. The third-order valence-corrected chi connectivity index (χ3v) is 7.68. The molecule has 1 heterocycles. The minimum absolute atomic E-state index is 0.0553. The standard InChI is InChI=1S/C14H28N2O2S/c1-10-6-7-12(9-11(10)2)14(16-15)13-5-3-4-8-19(13,17)18/h10-14,16H,3-9,15H2,1-2H3. The number of nitrogens with two attached hydrogens (primary N) is 1. The van der Waals surface area contributed by atoms with Crippen molar-refractivity contribution < 1.29 is 8.42 Å². The lowest BCUT2D eigenvalue weighted by atomic mass is 9.72. The Kier molecular flexibility index (Phi) is 4.90. The predicted octanol–water partition coefficient (Wildman–Crippen LogP) is 1.86. The molecule has 112 valence electrons. The summed E-state index contributed by atoms with van der Waals surface area (Å²) < 4.78 is 24.6. The van der Waals surface area contributed by atoms with Gasteiger partial charge in [-0.1, -0.05) is 26.7 Å². The van der Waals surface area contributed by atoms with Gasteiger partial charge in [-0.05, 0) is 43.4 Å². The Hall–Kier alpha value is -0.130. The third-order valence-electron chi connectivity index (χ3n) is 5.37. The molecular formula is C14H28N2O2S. The molecule has 3 N–H and O–H groups in total. The first-order valence-electron chi connectivity index (χ1n) is 7.63. The van der Waals surface area contributed by atoms with Crippen LogP contribution in [-0.4, -0.2) is 25.5 Å². The highest BCUT2D eigenvalue weighted by molar-refractivity contribution is 7.92. The molecule has 0 aromatic rings. The van der Waals surface area contributed by atoms with E-state index in [1.165, 1.54) is 6.42 Å². The van der Waals surface area contributed by atoms with E-state index in [0.29, 0.717) is 17.6 Å². The quantitative estimate of drug-likeness (QED) is 0.614. The Labute approximate surface area is 117 Å². The van der Waals surface area contributed by atoms with Gasteiger partial charge in [0.2, 0.25) is 0 Å². The van der Waals surface area contributed by atoms with Crippen LogP contribution in [0.1, 0.15) is 52.4 Å². The summed E-state index contributed by atoms with van der Waals surface area (Å²) >= 11 is 0. The van der Waals surface area contributed by atoms with Crippen molar-refractivity contribution in [3.63, 3.8) is 0 Å². The van der Waals surface area contributed by atoms with Gasteiger partial charge in [0.25, 0.3) is 0 Å². The van der Waals surface area contributed by atoms with Crippen LogP contribution >= 0.6 is 0 Å². The minimum atomic E-state index is -2.96. The van der Waals surface area contributed by atoms with E-state index in [4.69, 9.17) is 5.84 Å². The molecule has 4 nitrogen and oxygen atoms in total. The Morgan fingerprint density at radius 2 is 1.84 bits per heavy atom. The zero-order valence-electron chi connectivity index (χ0n) is 12.1. The highest BCUT2D eigenvalue weighted by Crippen LogP contribution is 2.38. The lowest BCUT2D eigenvalue weighted by molar-refractivity contribution is 0.165. The normalized spacial score (nSPS) is 40.8. The molecule has 2 rings (SSSR count). The van der Waals surface area contributed by atoms with E-state index in [2.05, 4.69) is 19.3 Å². The number of rotatable bonds is 3. The van der Waals surface area contributed by atoms with Gasteiger partial charge in [0.05, 0.1) is 11.0 Å². The molecule has 2 fully saturated rings. The van der Waals surface area contributed by atoms with Crippen molar-refractivity contribution in [2.75, 3.05) is 5.75 Å². The molecule has 1 saturated heterocycles. The average molecular weight is 288 g/mol. The van der Waals surface area contributed by atoms with Gasteiger partial charge in [0.15, 0.2) is 9.84 Å². The van der Waals surface area contributed by atoms with E-state index in [1.807, 2.05) is 0 Å². The van der Waals surface area contributed by atoms with Crippen LogP contribution in [0.3, 0.4) is 0 Å². The van der Waals surface area contributed by atoms with Gasteiger partial charge in [-0.2, -0.15) is 0 Å². The number of nitrogens with one attached hydrogen (secondary N) is 1. The van der Waals surface area contributed by atoms with Gasteiger partial charge in [0, 0.05) is 6.04 Å². The maximum Gasteiger partial charge on any atom is 0.154 e. The first-order valence-corrected chi connectivity index (χ1v) is 9.35. The van der Waals surface area contributed by atoms with Crippen molar-refractivity contribution in [3.05, 3.63) is 0 Å². The number of hydrazine groups is 1. The second-order valence-electron chi connectivity index (χ2n) is 6.62. The molecule has 5 unspecified atom stereocenters. The van der Waals surface area contributed by atoms with Gasteiger partial charge in [-0.3, -0.25) is 11.3 Å². The zero-order chi connectivity index (χ0) is 14.0. The van der Waals surface area contributed by atoms with Crippen LogP contribution in [0, 0.1) is 17.8 Å². The van der Waals surface area contributed by atoms with Crippen molar-refractivity contribution in [1.82, 2.24) is 5.43 Å². The van der Waals surface area contributed by atoms with Gasteiger partial charge in [-0.25, -0.2) is 8.42 Å². The molecule has 1 saturated carbocycles. The fourth-order valence-electron chi connectivity index (χ4n) is 3.84. The SMILES string of the molecule is CC1CCC(C(NN)C2CCCCS2(=O)=O)CC1C. The van der Waals surface area contributed by atoms with Gasteiger partial charge < -0.3 is 0 Å². The zero-order valence-corrected chi connectivity index (χ0v) is 13.0. The average Bonchev–Trinajstić information content (AvgIpc) is 2.36. The molecule has 0 radical (unpaired) electrons. The van der Waals surface area contributed by atoms with Crippen LogP contribution < -0.4 is 11.3 Å². The predicted molar refractivity (Wildman–Crippen MR) is 78.2 cm³/mol. The lowest BCUT2D eigenvalue weighted by Crippen LogP contribution is -2.54. The van der Waals surface area contributed by atoms with Crippen LogP contribution in [0.4, 0.5) is 0 Å². The molecule has 19 heavy (non-hydrogen) atoms. The van der Waals surface area contributed by atoms with Crippen LogP contribution in [0.15, 0.2) is 0 Å². The van der Waals surface area contributed by atoms with Crippen molar-refractivity contribution in [1.29, 1.82) is 0 Å². The van der Waals surface area contributed by atoms with Gasteiger partial charge in [-0.15, -0.1) is 0 Å². The van der Waals surface area contributed by atoms with Crippen molar-refractivity contribution in [2.24, 2.45) is 23.6 Å². The molecule has 2 aliphatic rings. The second-order valence-corrected chi connectivity index (χ2v) is 8.96. The summed E-state index contributed by atoms with van der Waals surface area (Å²) in [5.74, 6) is 7.89. The summed E-state index contributed by atoms with van der Waals surface area (Å²) in [6.45, 7) is 4.57. The molecule has 5 atom stereocenters. The van der Waals surface area contributed by atoms with Crippen molar-refractivity contribution in [3.8, 4) is 0 Å². The summed E-state index contributed by atoms with van der Waals surface area (Å²) in [6.07, 6.45) is 6.00. The van der Waals surface area contributed by atoms with Crippen LogP contribution in [0.5, 0.6) is 0 Å². The van der Waals surface area contributed by atoms with Gasteiger partial charge in [0.1, 0.15) is 0 Å². The Morgan fingerprint density at radius 1 is 1.11 bits per heavy atom. The monoisotopic (exact) mass is 288 g/mol. The first-order chi connectivity index (χ1) is 8.95. The molecule has 5 heteroatoms. The molecule has 0 bridgehead atoms. The fraction of sp³-hybridized carbons (Fsp3) is 1.00. The van der Waals surface area contributed by atoms with Crippen LogP contribution in [-0.2, 0) is 9.84 Å². The van der Waals surface area contributed by atoms with E-state index < -0.39 is 9.84 Å². The van der Waals surface area contributed by atoms with E-state index in [0.717, 1.165) is 38.0 Å². The number of hydrogen-bond donors (Lipinski definition) is 2. The largest absolute Gasteiger partial charge is 0.271 e. The summed E-state index contributed by atoms with van der Waals surface area (Å²) in [5.41, 5.74) is 2.85. The fourth-order valence-corrected chi connectivity index (χ4v) is 6.03.